The lowest BCUT2D eigenvalue weighted by Crippen LogP contribution is -2.18. The van der Waals surface area contributed by atoms with E-state index >= 15 is 0 Å². The Kier molecular flexibility index (Phi) is 3.02. The van der Waals surface area contributed by atoms with E-state index in [4.69, 9.17) is 0 Å². The highest BCUT2D eigenvalue weighted by atomic mass is 32.2. The van der Waals surface area contributed by atoms with Crippen molar-refractivity contribution in [1.82, 2.24) is 4.98 Å². The average molecular weight is 242 g/mol. The molecule has 2 rings (SSSR count). The molecule has 15 heavy (non-hydrogen) atoms. The summed E-state index contributed by atoms with van der Waals surface area (Å²) in [5.74, 6) is 0. The van der Waals surface area contributed by atoms with Gasteiger partial charge in [0.15, 0.2) is 5.13 Å². The second-order valence-corrected chi connectivity index (χ2v) is 6.26. The number of carbonyl (C=O) groups is 1. The van der Waals surface area contributed by atoms with Crippen molar-refractivity contribution in [2.45, 2.75) is 37.4 Å². The molecule has 1 fully saturated rings. The Morgan fingerprint density at radius 3 is 3.00 bits per heavy atom. The molecule has 1 aliphatic rings. The first-order valence-electron chi connectivity index (χ1n) is 4.96. The maximum Gasteiger partial charge on any atom is 0.192 e. The van der Waals surface area contributed by atoms with Gasteiger partial charge in [-0.3, -0.25) is 0 Å². The van der Waals surface area contributed by atoms with Crippen LogP contribution >= 0.6 is 23.3 Å². The summed E-state index contributed by atoms with van der Waals surface area (Å²) in [5, 5.41) is 3.61. The second kappa shape index (κ2) is 4.14. The number of nitrogens with one attached hydrogen (secondary N) is 1. The number of aromatic nitrogens is 1. The number of hydrogen-bond acceptors (Lipinski definition) is 5. The van der Waals surface area contributed by atoms with E-state index in [1.807, 2.05) is 19.2 Å². The zero-order chi connectivity index (χ0) is 10.9. The second-order valence-electron chi connectivity index (χ2n) is 4.30. The summed E-state index contributed by atoms with van der Waals surface area (Å²) in [6.07, 6.45) is 3.55. The van der Waals surface area contributed by atoms with Gasteiger partial charge in [0.25, 0.3) is 0 Å². The predicted octanol–water partition coefficient (Wildman–Crippen LogP) is 2.84. The van der Waals surface area contributed by atoms with Gasteiger partial charge >= 0.3 is 0 Å². The first kappa shape index (κ1) is 11.0. The maximum atomic E-state index is 10.9. The van der Waals surface area contributed by atoms with Crippen molar-refractivity contribution in [3.05, 3.63) is 11.1 Å². The Balaban J connectivity index is 1.99. The molecule has 3 nitrogen and oxygen atoms in total. The maximum absolute atomic E-state index is 10.9. The molecular weight excluding hydrogens is 228 g/mol. The van der Waals surface area contributed by atoms with Crippen molar-refractivity contribution in [3.8, 4) is 0 Å². The number of carbonyl (C=O) groups excluding carboxylic acids is 1. The molecule has 1 N–H and O–H groups in total. The van der Waals surface area contributed by atoms with E-state index in [0.29, 0.717) is 0 Å². The molecule has 0 bridgehead atoms. The van der Waals surface area contributed by atoms with Crippen molar-refractivity contribution in [3.63, 3.8) is 0 Å². The van der Waals surface area contributed by atoms with Gasteiger partial charge in [0.05, 0.1) is 11.1 Å². The third-order valence-corrected chi connectivity index (χ3v) is 4.30. The summed E-state index contributed by atoms with van der Waals surface area (Å²) in [5.41, 5.74) is 0.377. The summed E-state index contributed by atoms with van der Waals surface area (Å²) in [4.78, 5) is 15.3. The van der Waals surface area contributed by atoms with Gasteiger partial charge < -0.3 is 9.52 Å². The van der Waals surface area contributed by atoms with Crippen LogP contribution < -0.4 is 4.72 Å². The van der Waals surface area contributed by atoms with Crippen LogP contribution in [0.2, 0.25) is 0 Å². The summed E-state index contributed by atoms with van der Waals surface area (Å²) >= 11 is 3.30. The van der Waals surface area contributed by atoms with Gasteiger partial charge in [0, 0.05) is 10.6 Å². The van der Waals surface area contributed by atoms with Crippen LogP contribution in [0.1, 0.15) is 32.4 Å². The highest BCUT2D eigenvalue weighted by Crippen LogP contribution is 2.35. The normalized spacial score (nSPS) is 16.4. The zero-order valence-electron chi connectivity index (χ0n) is 8.82. The first-order valence-corrected chi connectivity index (χ1v) is 6.72. The lowest BCUT2D eigenvalue weighted by atomic mass is 9.93. The molecule has 0 aromatic carbocycles. The first-order chi connectivity index (χ1) is 7.12. The van der Waals surface area contributed by atoms with E-state index < -0.39 is 5.41 Å². The molecule has 82 valence electrons. The Bertz CT molecular complexity index is 358. The zero-order valence-corrected chi connectivity index (χ0v) is 10.5. The van der Waals surface area contributed by atoms with Crippen LogP contribution in [-0.4, -0.2) is 16.5 Å². The monoisotopic (exact) mass is 242 g/mol. The molecule has 1 heterocycles. The third-order valence-electron chi connectivity index (χ3n) is 2.30. The van der Waals surface area contributed by atoms with E-state index in [9.17, 15) is 4.79 Å². The molecule has 0 atom stereocenters. The Labute approximate surface area is 97.8 Å². The summed E-state index contributed by atoms with van der Waals surface area (Å²) in [6.45, 7) is 3.76. The number of nitrogens with zero attached hydrogens (tertiary/aromatic N) is 1. The van der Waals surface area contributed by atoms with Crippen molar-refractivity contribution in [2.75, 3.05) is 4.72 Å². The van der Waals surface area contributed by atoms with Crippen LogP contribution in [0.5, 0.6) is 0 Å². The van der Waals surface area contributed by atoms with Crippen LogP contribution in [0.3, 0.4) is 0 Å². The fourth-order valence-corrected chi connectivity index (χ4v) is 2.75. The molecule has 1 saturated carbocycles. The topological polar surface area (TPSA) is 42.0 Å². The van der Waals surface area contributed by atoms with Crippen LogP contribution in [0.25, 0.3) is 0 Å². The number of anilines is 1. The van der Waals surface area contributed by atoms with Gasteiger partial charge in [0.2, 0.25) is 0 Å². The number of thiazole rings is 1. The Morgan fingerprint density at radius 2 is 2.40 bits per heavy atom. The lowest BCUT2D eigenvalue weighted by Gasteiger charge is -2.12. The van der Waals surface area contributed by atoms with Crippen LogP contribution in [0, 0.1) is 0 Å². The highest BCUT2D eigenvalue weighted by molar-refractivity contribution is 8.01. The number of hydrogen-bond donors (Lipinski definition) is 1. The summed E-state index contributed by atoms with van der Waals surface area (Å²) in [6, 6.07) is 0. The van der Waals surface area contributed by atoms with Crippen molar-refractivity contribution in [1.29, 1.82) is 0 Å². The molecule has 5 heteroatoms. The molecule has 0 unspecified atom stereocenters. The highest BCUT2D eigenvalue weighted by Gasteiger charge is 2.25. The standard InChI is InChI=1S/C10H14N2OS2/c1-10(2,6-13)8-5-14-9(11-8)12-15-7-3-4-7/h5-7H,3-4H2,1-2H3,(H,11,12). The van der Waals surface area contributed by atoms with Crippen LogP contribution in [0.15, 0.2) is 5.38 Å². The largest absolute Gasteiger partial charge is 0.305 e. The molecule has 1 aromatic rings. The minimum absolute atomic E-state index is 0.472. The smallest absolute Gasteiger partial charge is 0.192 e. The number of rotatable bonds is 5. The average Bonchev–Trinajstić information content (AvgIpc) is 2.92. The van der Waals surface area contributed by atoms with Crippen molar-refractivity contribution < 1.29 is 4.79 Å². The SMILES string of the molecule is CC(C)(C=O)c1csc(NSC2CC2)n1. The van der Waals surface area contributed by atoms with Gasteiger partial charge in [-0.1, -0.05) is 0 Å². The van der Waals surface area contributed by atoms with Gasteiger partial charge in [-0.05, 0) is 38.6 Å². The molecule has 0 saturated heterocycles. The van der Waals surface area contributed by atoms with E-state index in [0.717, 1.165) is 22.4 Å². The van der Waals surface area contributed by atoms with Crippen molar-refractivity contribution >= 4 is 34.7 Å². The molecule has 1 aromatic heterocycles. The molecule has 0 radical (unpaired) electrons. The Morgan fingerprint density at radius 1 is 1.67 bits per heavy atom. The van der Waals surface area contributed by atoms with Crippen LogP contribution in [0.4, 0.5) is 5.13 Å². The lowest BCUT2D eigenvalue weighted by molar-refractivity contribution is -0.111. The van der Waals surface area contributed by atoms with E-state index in [-0.39, 0.29) is 0 Å². The Hall–Kier alpha value is -0.550. The molecule has 0 aliphatic heterocycles. The molecular formula is C10H14N2OS2. The van der Waals surface area contributed by atoms with Gasteiger partial charge in [-0.15, -0.1) is 11.3 Å². The van der Waals surface area contributed by atoms with Gasteiger partial charge in [-0.25, -0.2) is 4.98 Å². The van der Waals surface area contributed by atoms with E-state index in [1.54, 1.807) is 23.3 Å². The van der Waals surface area contributed by atoms with Crippen molar-refractivity contribution in [2.24, 2.45) is 0 Å². The molecule has 0 amide bonds. The quantitative estimate of drug-likeness (QED) is 0.637. The minimum atomic E-state index is -0.472. The van der Waals surface area contributed by atoms with E-state index in [2.05, 4.69) is 9.71 Å². The summed E-state index contributed by atoms with van der Waals surface area (Å²) in [7, 11) is 0. The number of aldehydes is 1. The fraction of sp³-hybridized carbons (Fsp3) is 0.600. The fourth-order valence-electron chi connectivity index (χ4n) is 0.997. The van der Waals surface area contributed by atoms with Crippen LogP contribution in [-0.2, 0) is 10.2 Å². The minimum Gasteiger partial charge on any atom is -0.305 e. The predicted molar refractivity (Wildman–Crippen MR) is 65.4 cm³/mol. The van der Waals surface area contributed by atoms with E-state index in [1.165, 1.54) is 12.8 Å². The van der Waals surface area contributed by atoms with Gasteiger partial charge in [0.1, 0.15) is 6.29 Å². The molecule has 1 aliphatic carbocycles. The molecule has 0 spiro atoms. The third kappa shape index (κ3) is 2.72. The summed E-state index contributed by atoms with van der Waals surface area (Å²) < 4.78 is 3.23. The van der Waals surface area contributed by atoms with Gasteiger partial charge in [-0.2, -0.15) is 0 Å².